The molecule has 0 amide bonds. The molecule has 0 aromatic heterocycles. The first-order valence-corrected chi connectivity index (χ1v) is 8.35. The molecule has 1 N–H and O–H groups in total. The van der Waals surface area contributed by atoms with Crippen LogP contribution < -0.4 is 10.2 Å². The number of carbonyl (C=O) groups is 1. The molecule has 128 valence electrons. The summed E-state index contributed by atoms with van der Waals surface area (Å²) < 4.78 is 5.84. The average Bonchev–Trinajstić information content (AvgIpc) is 2.45. The molecular formula is C19H30N2O2. The number of para-hydroxylation sites is 1. The zero-order valence-corrected chi connectivity index (χ0v) is 15.3. The van der Waals surface area contributed by atoms with Gasteiger partial charge in [0.05, 0.1) is 0 Å². The van der Waals surface area contributed by atoms with Gasteiger partial charge in [0, 0.05) is 25.3 Å². The second kappa shape index (κ2) is 6.16. The molecule has 4 nitrogen and oxygen atoms in total. The summed E-state index contributed by atoms with van der Waals surface area (Å²) in [6, 6.07) is 10.2. The predicted molar refractivity (Wildman–Crippen MR) is 94.7 cm³/mol. The number of rotatable bonds is 2. The molecule has 23 heavy (non-hydrogen) atoms. The standard InChI is InChI=1S/C19H30N2O2/c1-17(2,3)19(16(22)23-18(4,5)6)14-20-12-13-21(19)15-10-8-7-9-11-15/h7-11,20H,12-14H2,1-6H3. The van der Waals surface area contributed by atoms with Crippen LogP contribution in [-0.4, -0.2) is 36.7 Å². The van der Waals surface area contributed by atoms with E-state index in [4.69, 9.17) is 4.74 Å². The van der Waals surface area contributed by atoms with Crippen LogP contribution in [0.4, 0.5) is 5.69 Å². The lowest BCUT2D eigenvalue weighted by atomic mass is 9.70. The number of anilines is 1. The van der Waals surface area contributed by atoms with Gasteiger partial charge in [-0.05, 0) is 38.3 Å². The van der Waals surface area contributed by atoms with Gasteiger partial charge in [-0.25, -0.2) is 4.79 Å². The molecule has 1 aliphatic rings. The first-order valence-electron chi connectivity index (χ1n) is 8.35. The summed E-state index contributed by atoms with van der Waals surface area (Å²) in [5.41, 5.74) is -0.456. The molecule has 0 spiro atoms. The highest BCUT2D eigenvalue weighted by atomic mass is 16.6. The van der Waals surface area contributed by atoms with Crippen LogP contribution in [0.2, 0.25) is 0 Å². The van der Waals surface area contributed by atoms with E-state index in [-0.39, 0.29) is 11.4 Å². The van der Waals surface area contributed by atoms with Gasteiger partial charge < -0.3 is 15.0 Å². The van der Waals surface area contributed by atoms with E-state index in [1.165, 1.54) is 0 Å². The highest BCUT2D eigenvalue weighted by Crippen LogP contribution is 2.41. The van der Waals surface area contributed by atoms with Crippen LogP contribution in [0.1, 0.15) is 41.5 Å². The van der Waals surface area contributed by atoms with Crippen LogP contribution in [0.25, 0.3) is 0 Å². The highest BCUT2D eigenvalue weighted by molar-refractivity contribution is 5.87. The maximum absolute atomic E-state index is 13.3. The molecule has 1 fully saturated rings. The van der Waals surface area contributed by atoms with Crippen molar-refractivity contribution in [1.82, 2.24) is 5.32 Å². The number of esters is 1. The van der Waals surface area contributed by atoms with Crippen molar-refractivity contribution in [3.63, 3.8) is 0 Å². The number of carbonyl (C=O) groups excluding carboxylic acids is 1. The van der Waals surface area contributed by atoms with Crippen LogP contribution in [-0.2, 0) is 9.53 Å². The molecule has 0 saturated carbocycles. The second-order valence-electron chi connectivity index (χ2n) is 8.28. The maximum atomic E-state index is 13.3. The largest absolute Gasteiger partial charge is 0.458 e. The molecule has 1 atom stereocenters. The van der Waals surface area contributed by atoms with Crippen LogP contribution in [0.15, 0.2) is 30.3 Å². The fourth-order valence-electron chi connectivity index (χ4n) is 3.22. The van der Waals surface area contributed by atoms with E-state index in [1.807, 2.05) is 39.0 Å². The number of nitrogens with one attached hydrogen (secondary N) is 1. The van der Waals surface area contributed by atoms with Crippen LogP contribution >= 0.6 is 0 Å². The van der Waals surface area contributed by atoms with E-state index in [0.717, 1.165) is 18.8 Å². The first-order chi connectivity index (χ1) is 10.6. The Labute approximate surface area is 140 Å². The van der Waals surface area contributed by atoms with Gasteiger partial charge in [-0.1, -0.05) is 39.0 Å². The van der Waals surface area contributed by atoms with Crippen molar-refractivity contribution in [2.45, 2.75) is 52.7 Å². The Hall–Kier alpha value is -1.55. The smallest absolute Gasteiger partial charge is 0.334 e. The fourth-order valence-corrected chi connectivity index (χ4v) is 3.22. The zero-order valence-electron chi connectivity index (χ0n) is 15.3. The van der Waals surface area contributed by atoms with Crippen molar-refractivity contribution in [3.8, 4) is 0 Å². The van der Waals surface area contributed by atoms with E-state index < -0.39 is 11.1 Å². The number of piperazine rings is 1. The fraction of sp³-hybridized carbons (Fsp3) is 0.632. The van der Waals surface area contributed by atoms with Crippen molar-refractivity contribution in [2.75, 3.05) is 24.5 Å². The summed E-state index contributed by atoms with van der Waals surface area (Å²) in [6.07, 6.45) is 0. The highest BCUT2D eigenvalue weighted by Gasteiger charge is 2.56. The van der Waals surface area contributed by atoms with E-state index >= 15 is 0 Å². The number of benzene rings is 1. The first kappa shape index (κ1) is 17.8. The second-order valence-corrected chi connectivity index (χ2v) is 8.28. The third kappa shape index (κ3) is 3.52. The molecule has 1 unspecified atom stereocenters. The van der Waals surface area contributed by atoms with Gasteiger partial charge in [-0.2, -0.15) is 0 Å². The monoisotopic (exact) mass is 318 g/mol. The van der Waals surface area contributed by atoms with Gasteiger partial charge in [-0.15, -0.1) is 0 Å². The zero-order chi connectivity index (χ0) is 17.3. The average molecular weight is 318 g/mol. The Morgan fingerprint density at radius 2 is 1.74 bits per heavy atom. The van der Waals surface area contributed by atoms with Gasteiger partial charge in [0.1, 0.15) is 5.60 Å². The van der Waals surface area contributed by atoms with Gasteiger partial charge >= 0.3 is 5.97 Å². The number of ether oxygens (including phenoxy) is 1. The van der Waals surface area contributed by atoms with Crippen molar-refractivity contribution >= 4 is 11.7 Å². The van der Waals surface area contributed by atoms with Gasteiger partial charge in [-0.3, -0.25) is 0 Å². The van der Waals surface area contributed by atoms with E-state index in [2.05, 4.69) is 43.1 Å². The minimum Gasteiger partial charge on any atom is -0.458 e. The van der Waals surface area contributed by atoms with Gasteiger partial charge in [0.2, 0.25) is 0 Å². The molecule has 0 aliphatic carbocycles. The van der Waals surface area contributed by atoms with E-state index in [1.54, 1.807) is 0 Å². The lowest BCUT2D eigenvalue weighted by molar-refractivity contribution is -0.167. The third-order valence-corrected chi connectivity index (χ3v) is 4.40. The number of hydrogen-bond donors (Lipinski definition) is 1. The molecular weight excluding hydrogens is 288 g/mol. The maximum Gasteiger partial charge on any atom is 0.334 e. The third-order valence-electron chi connectivity index (χ3n) is 4.40. The Balaban J connectivity index is 2.52. The van der Waals surface area contributed by atoms with Crippen LogP contribution in [0.3, 0.4) is 0 Å². The quantitative estimate of drug-likeness (QED) is 0.850. The Morgan fingerprint density at radius 3 is 2.26 bits per heavy atom. The molecule has 1 aliphatic heterocycles. The van der Waals surface area contributed by atoms with Gasteiger partial charge in [0.15, 0.2) is 5.54 Å². The summed E-state index contributed by atoms with van der Waals surface area (Å²) in [6.45, 7) is 14.3. The topological polar surface area (TPSA) is 41.6 Å². The summed E-state index contributed by atoms with van der Waals surface area (Å²) in [4.78, 5) is 15.5. The molecule has 1 aromatic carbocycles. The Bertz CT molecular complexity index is 543. The molecule has 2 rings (SSSR count). The summed E-state index contributed by atoms with van der Waals surface area (Å²) in [5.74, 6) is -0.159. The van der Waals surface area contributed by atoms with Crippen molar-refractivity contribution in [3.05, 3.63) is 30.3 Å². The molecule has 0 radical (unpaired) electrons. The molecule has 1 heterocycles. The number of nitrogens with zero attached hydrogens (tertiary/aromatic N) is 1. The molecule has 1 saturated heterocycles. The molecule has 1 aromatic rings. The lowest BCUT2D eigenvalue weighted by Gasteiger charge is -2.54. The van der Waals surface area contributed by atoms with E-state index in [0.29, 0.717) is 6.54 Å². The Morgan fingerprint density at radius 1 is 1.13 bits per heavy atom. The SMILES string of the molecule is CC(C)(C)OC(=O)C1(C(C)(C)C)CNCCN1c1ccccc1. The summed E-state index contributed by atoms with van der Waals surface area (Å²) in [7, 11) is 0. The van der Waals surface area contributed by atoms with Gasteiger partial charge in [0.25, 0.3) is 0 Å². The summed E-state index contributed by atoms with van der Waals surface area (Å²) in [5, 5.41) is 3.41. The van der Waals surface area contributed by atoms with Crippen LogP contribution in [0, 0.1) is 5.41 Å². The van der Waals surface area contributed by atoms with E-state index in [9.17, 15) is 4.79 Å². The van der Waals surface area contributed by atoms with Crippen molar-refractivity contribution in [1.29, 1.82) is 0 Å². The summed E-state index contributed by atoms with van der Waals surface area (Å²) >= 11 is 0. The molecule has 4 heteroatoms. The predicted octanol–water partition coefficient (Wildman–Crippen LogP) is 3.22. The lowest BCUT2D eigenvalue weighted by Crippen LogP contribution is -2.72. The minimum atomic E-state index is -0.736. The number of hydrogen-bond acceptors (Lipinski definition) is 4. The normalized spacial score (nSPS) is 22.8. The minimum absolute atomic E-state index is 0.159. The van der Waals surface area contributed by atoms with Crippen molar-refractivity contribution < 1.29 is 9.53 Å². The van der Waals surface area contributed by atoms with Crippen LogP contribution in [0.5, 0.6) is 0 Å². The van der Waals surface area contributed by atoms with Crippen molar-refractivity contribution in [2.24, 2.45) is 5.41 Å². The Kier molecular flexibility index (Phi) is 4.76. The molecule has 0 bridgehead atoms.